The fraction of sp³-hybridized carbons (Fsp3) is 0.0909. The Bertz CT molecular complexity index is 455. The molecule has 1 aromatic carbocycles. The molecule has 0 saturated carbocycles. The first-order valence-corrected chi connectivity index (χ1v) is 4.85. The summed E-state index contributed by atoms with van der Waals surface area (Å²) >= 11 is 5.76. The highest BCUT2D eigenvalue weighted by Gasteiger charge is 2.02. The molecule has 0 unspecified atom stereocenters. The predicted molar refractivity (Wildman–Crippen MR) is 61.6 cm³/mol. The van der Waals surface area contributed by atoms with Crippen molar-refractivity contribution >= 4 is 29.2 Å². The number of benzene rings is 1. The molecule has 0 fully saturated rings. The van der Waals surface area contributed by atoms with Crippen LogP contribution in [0.15, 0.2) is 30.4 Å². The molecule has 0 aliphatic heterocycles. The van der Waals surface area contributed by atoms with E-state index in [0.717, 1.165) is 17.7 Å². The molecule has 0 aliphatic carbocycles. The molecule has 1 amide bonds. The second-order valence-corrected chi connectivity index (χ2v) is 3.56. The Kier molecular flexibility index (Phi) is 4.08. The molecule has 0 bridgehead atoms. The van der Waals surface area contributed by atoms with Crippen LogP contribution >= 0.6 is 11.6 Å². The van der Waals surface area contributed by atoms with Gasteiger partial charge in [0.1, 0.15) is 0 Å². The minimum Gasteiger partial charge on any atom is -0.478 e. The number of rotatable bonds is 3. The van der Waals surface area contributed by atoms with Gasteiger partial charge in [0.05, 0.1) is 0 Å². The van der Waals surface area contributed by atoms with Crippen molar-refractivity contribution in [2.75, 3.05) is 5.32 Å². The van der Waals surface area contributed by atoms with Gasteiger partial charge in [-0.3, -0.25) is 4.79 Å². The van der Waals surface area contributed by atoms with Gasteiger partial charge in [0, 0.05) is 22.9 Å². The normalized spacial score (nSPS) is 10.4. The number of hydrogen-bond acceptors (Lipinski definition) is 2. The van der Waals surface area contributed by atoms with Gasteiger partial charge >= 0.3 is 5.97 Å². The van der Waals surface area contributed by atoms with Gasteiger partial charge in [0.15, 0.2) is 0 Å². The van der Waals surface area contributed by atoms with Crippen LogP contribution in [0.1, 0.15) is 5.56 Å². The van der Waals surface area contributed by atoms with Crippen LogP contribution in [-0.2, 0) is 9.59 Å². The Morgan fingerprint density at radius 1 is 1.38 bits per heavy atom. The van der Waals surface area contributed by atoms with E-state index in [1.807, 2.05) is 6.92 Å². The summed E-state index contributed by atoms with van der Waals surface area (Å²) in [6.45, 7) is 1.81. The van der Waals surface area contributed by atoms with Crippen molar-refractivity contribution < 1.29 is 14.7 Å². The first kappa shape index (κ1) is 12.3. The van der Waals surface area contributed by atoms with Crippen molar-refractivity contribution in [2.45, 2.75) is 6.92 Å². The zero-order valence-corrected chi connectivity index (χ0v) is 9.28. The number of anilines is 1. The number of nitrogens with one attached hydrogen (secondary N) is 1. The molecule has 0 atom stereocenters. The zero-order chi connectivity index (χ0) is 12.1. The van der Waals surface area contributed by atoms with Gasteiger partial charge in [0.2, 0.25) is 5.91 Å². The number of carboxylic acid groups (broad SMARTS) is 1. The summed E-state index contributed by atoms with van der Waals surface area (Å²) in [5, 5.41) is 11.4. The largest absolute Gasteiger partial charge is 0.478 e. The molecule has 0 aliphatic rings. The predicted octanol–water partition coefficient (Wildman–Crippen LogP) is 2.23. The summed E-state index contributed by atoms with van der Waals surface area (Å²) in [5.41, 5.74) is 1.41. The maximum absolute atomic E-state index is 11.3. The van der Waals surface area contributed by atoms with Crippen LogP contribution in [-0.4, -0.2) is 17.0 Å². The van der Waals surface area contributed by atoms with E-state index in [1.165, 1.54) is 0 Å². The Labute approximate surface area is 97.5 Å². The van der Waals surface area contributed by atoms with Crippen LogP contribution < -0.4 is 5.32 Å². The highest BCUT2D eigenvalue weighted by Crippen LogP contribution is 2.19. The van der Waals surface area contributed by atoms with E-state index >= 15 is 0 Å². The standard InChI is InChI=1S/C11H10ClNO3/c1-7-2-3-8(12)6-9(7)13-10(14)4-5-11(15)16/h2-6H,1H3,(H,13,14)(H,15,16)/b5-4+. The average Bonchev–Trinajstić information content (AvgIpc) is 2.20. The van der Waals surface area contributed by atoms with E-state index in [9.17, 15) is 9.59 Å². The third-order valence-corrected chi connectivity index (χ3v) is 2.07. The van der Waals surface area contributed by atoms with E-state index < -0.39 is 11.9 Å². The SMILES string of the molecule is Cc1ccc(Cl)cc1NC(=O)/C=C/C(=O)O. The van der Waals surface area contributed by atoms with Crippen LogP contribution in [0.5, 0.6) is 0 Å². The highest BCUT2D eigenvalue weighted by molar-refractivity contribution is 6.31. The third-order valence-electron chi connectivity index (χ3n) is 1.83. The van der Waals surface area contributed by atoms with Gasteiger partial charge in [-0.15, -0.1) is 0 Å². The van der Waals surface area contributed by atoms with E-state index in [1.54, 1.807) is 18.2 Å². The summed E-state index contributed by atoms with van der Waals surface area (Å²) in [7, 11) is 0. The zero-order valence-electron chi connectivity index (χ0n) is 8.53. The van der Waals surface area contributed by atoms with Gasteiger partial charge in [-0.05, 0) is 24.6 Å². The Morgan fingerprint density at radius 3 is 2.69 bits per heavy atom. The second-order valence-electron chi connectivity index (χ2n) is 3.12. The van der Waals surface area contributed by atoms with Gasteiger partial charge in [-0.25, -0.2) is 4.79 Å². The highest BCUT2D eigenvalue weighted by atomic mass is 35.5. The van der Waals surface area contributed by atoms with Crippen molar-refractivity contribution in [3.05, 3.63) is 40.9 Å². The summed E-state index contributed by atoms with van der Waals surface area (Å²) in [4.78, 5) is 21.5. The summed E-state index contributed by atoms with van der Waals surface area (Å²) in [6, 6.07) is 5.07. The van der Waals surface area contributed by atoms with Gasteiger partial charge in [-0.2, -0.15) is 0 Å². The van der Waals surface area contributed by atoms with Crippen LogP contribution in [0.3, 0.4) is 0 Å². The number of aryl methyl sites for hydroxylation is 1. The van der Waals surface area contributed by atoms with Crippen molar-refractivity contribution in [1.82, 2.24) is 0 Å². The maximum atomic E-state index is 11.3. The Hall–Kier alpha value is -1.81. The molecule has 0 aromatic heterocycles. The average molecular weight is 240 g/mol. The smallest absolute Gasteiger partial charge is 0.328 e. The first-order valence-electron chi connectivity index (χ1n) is 4.47. The number of hydrogen-bond donors (Lipinski definition) is 2. The molecular formula is C11H10ClNO3. The lowest BCUT2D eigenvalue weighted by Crippen LogP contribution is -2.09. The molecule has 2 N–H and O–H groups in total. The molecule has 0 spiro atoms. The van der Waals surface area contributed by atoms with E-state index in [4.69, 9.17) is 16.7 Å². The summed E-state index contributed by atoms with van der Waals surface area (Å²) in [6.07, 6.45) is 1.72. The molecule has 1 rings (SSSR count). The van der Waals surface area contributed by atoms with Crippen LogP contribution in [0, 0.1) is 6.92 Å². The number of aliphatic carboxylic acids is 1. The van der Waals surface area contributed by atoms with E-state index in [2.05, 4.69) is 5.32 Å². The van der Waals surface area contributed by atoms with Crippen LogP contribution in [0.2, 0.25) is 5.02 Å². The molecule has 0 heterocycles. The lowest BCUT2D eigenvalue weighted by Gasteiger charge is -2.06. The van der Waals surface area contributed by atoms with Crippen molar-refractivity contribution in [2.24, 2.45) is 0 Å². The number of halogens is 1. The minimum atomic E-state index is -1.17. The fourth-order valence-electron chi connectivity index (χ4n) is 1.05. The first-order chi connectivity index (χ1) is 7.49. The van der Waals surface area contributed by atoms with Gasteiger partial charge < -0.3 is 10.4 Å². The quantitative estimate of drug-likeness (QED) is 0.795. The van der Waals surface area contributed by atoms with Gasteiger partial charge in [0.25, 0.3) is 0 Å². The van der Waals surface area contributed by atoms with Crippen LogP contribution in [0.4, 0.5) is 5.69 Å². The van der Waals surface area contributed by atoms with Gasteiger partial charge in [-0.1, -0.05) is 17.7 Å². The summed E-state index contributed by atoms with van der Waals surface area (Å²) < 4.78 is 0. The second kappa shape index (κ2) is 5.32. The topological polar surface area (TPSA) is 66.4 Å². The molecule has 1 aromatic rings. The third kappa shape index (κ3) is 3.74. The van der Waals surface area contributed by atoms with E-state index in [-0.39, 0.29) is 0 Å². The number of amides is 1. The van der Waals surface area contributed by atoms with E-state index in [0.29, 0.717) is 10.7 Å². The summed E-state index contributed by atoms with van der Waals surface area (Å²) in [5.74, 6) is -1.68. The number of carboxylic acids is 1. The molecule has 0 saturated heterocycles. The monoisotopic (exact) mass is 239 g/mol. The minimum absolute atomic E-state index is 0.503. The molecular weight excluding hydrogens is 230 g/mol. The van der Waals surface area contributed by atoms with Crippen molar-refractivity contribution in [3.8, 4) is 0 Å². The van der Waals surface area contributed by atoms with Crippen LogP contribution in [0.25, 0.3) is 0 Å². The molecule has 0 radical (unpaired) electrons. The molecule has 5 heteroatoms. The fourth-order valence-corrected chi connectivity index (χ4v) is 1.22. The number of carbonyl (C=O) groups is 2. The lowest BCUT2D eigenvalue weighted by atomic mass is 10.2. The Balaban J connectivity index is 2.77. The molecule has 4 nitrogen and oxygen atoms in total. The molecule has 16 heavy (non-hydrogen) atoms. The lowest BCUT2D eigenvalue weighted by molar-refractivity contribution is -0.131. The maximum Gasteiger partial charge on any atom is 0.328 e. The van der Waals surface area contributed by atoms with Crippen molar-refractivity contribution in [3.63, 3.8) is 0 Å². The molecule has 84 valence electrons. The number of carbonyl (C=O) groups excluding carboxylic acids is 1. The Morgan fingerprint density at radius 2 is 2.06 bits per heavy atom. The van der Waals surface area contributed by atoms with Crippen molar-refractivity contribution in [1.29, 1.82) is 0 Å².